The number of furan rings is 1. The Morgan fingerprint density at radius 2 is 1.04 bits per heavy atom. The normalized spacial score (nSPS) is 11.6. The Labute approximate surface area is 160 Å². The van der Waals surface area contributed by atoms with Gasteiger partial charge in [0, 0.05) is 0 Å². The maximum atomic E-state index is 12.4. The van der Waals surface area contributed by atoms with Gasteiger partial charge in [0.25, 0.3) is 10.5 Å². The van der Waals surface area contributed by atoms with Crippen molar-refractivity contribution in [2.45, 2.75) is 17.8 Å². The Bertz CT molecular complexity index is 677. The van der Waals surface area contributed by atoms with Gasteiger partial charge in [0.15, 0.2) is 0 Å². The fraction of sp³-hybridized carbons (Fsp3) is 0.273. The predicted molar refractivity (Wildman–Crippen MR) is 76.4 cm³/mol. The molecule has 154 valence electrons. The summed E-state index contributed by atoms with van der Waals surface area (Å²) in [7, 11) is 0. The Morgan fingerprint density at radius 1 is 0.778 bits per heavy atom. The summed E-state index contributed by atoms with van der Waals surface area (Å²) in [4.78, 5) is 40.0. The van der Waals surface area contributed by atoms with E-state index in [-0.39, 0.29) is 23.9 Å². The molecule has 0 saturated heterocycles. The summed E-state index contributed by atoms with van der Waals surface area (Å²) < 4.78 is 78.2. The molecule has 0 bridgehead atoms. The fourth-order valence-electron chi connectivity index (χ4n) is 1.01. The predicted octanol–water partition coefficient (Wildman–Crippen LogP) is 3.52. The van der Waals surface area contributed by atoms with Crippen molar-refractivity contribution < 1.29 is 60.2 Å². The highest BCUT2D eigenvalue weighted by molar-refractivity contribution is 6.66. The van der Waals surface area contributed by atoms with E-state index in [4.69, 9.17) is 10.2 Å². The van der Waals surface area contributed by atoms with Crippen molar-refractivity contribution in [2.75, 3.05) is 0 Å². The van der Waals surface area contributed by atoms with E-state index in [1.807, 2.05) is 0 Å². The van der Waals surface area contributed by atoms with Gasteiger partial charge in [-0.05, 0) is 35.3 Å². The number of carboxylic acids is 2. The lowest BCUT2D eigenvalue weighted by Gasteiger charge is -2.27. The Kier molecular flexibility index (Phi) is 9.36. The molecule has 16 heteroatoms. The van der Waals surface area contributed by atoms with Crippen molar-refractivity contribution in [1.82, 2.24) is 0 Å². The number of hydrogen-bond donors (Lipinski definition) is 2. The zero-order valence-electron chi connectivity index (χ0n) is 12.0. The van der Waals surface area contributed by atoms with E-state index in [9.17, 15) is 45.5 Å². The van der Waals surface area contributed by atoms with Crippen LogP contribution in [0.15, 0.2) is 16.5 Å². The molecule has 0 amide bonds. The van der Waals surface area contributed by atoms with Crippen LogP contribution in [0.5, 0.6) is 0 Å². The molecule has 27 heavy (non-hydrogen) atoms. The van der Waals surface area contributed by atoms with Crippen molar-refractivity contribution in [1.29, 1.82) is 0 Å². The molecular formula is C11H5Cl3F6O7. The number of halogens is 9. The first-order chi connectivity index (χ1) is 11.5. The molecule has 1 rings (SSSR count). The van der Waals surface area contributed by atoms with E-state index in [1.165, 1.54) is 0 Å². The van der Waals surface area contributed by atoms with Gasteiger partial charge in [-0.3, -0.25) is 9.59 Å². The molecule has 0 aliphatic heterocycles. The number of aromatic carboxylic acids is 2. The molecular weight excluding hydrogens is 464 g/mol. The van der Waals surface area contributed by atoms with Gasteiger partial charge < -0.3 is 14.6 Å². The highest BCUT2D eigenvalue weighted by Gasteiger charge is 2.77. The molecule has 0 spiro atoms. The van der Waals surface area contributed by atoms with Gasteiger partial charge >= 0.3 is 29.7 Å². The van der Waals surface area contributed by atoms with Crippen LogP contribution in [0, 0.1) is 0 Å². The molecule has 0 saturated carbocycles. The van der Waals surface area contributed by atoms with Gasteiger partial charge in [-0.2, -0.15) is 26.3 Å². The third kappa shape index (κ3) is 5.74. The molecule has 1 aromatic rings. The van der Waals surface area contributed by atoms with Gasteiger partial charge in [-0.25, -0.2) is 9.59 Å². The zero-order chi connectivity index (χ0) is 21.1. The van der Waals surface area contributed by atoms with Crippen LogP contribution in [0.25, 0.3) is 0 Å². The van der Waals surface area contributed by atoms with E-state index in [0.717, 1.165) is 12.1 Å². The Morgan fingerprint density at radius 3 is 1.19 bits per heavy atom. The first-order valence-corrected chi connectivity index (χ1v) is 6.35. The maximum Gasteiger partial charge on any atom is 0.389 e. The van der Waals surface area contributed by atoms with Crippen molar-refractivity contribution in [3.63, 3.8) is 0 Å². The molecule has 0 atom stereocenters. The second kappa shape index (κ2) is 9.28. The van der Waals surface area contributed by atoms with Crippen LogP contribution in [0.1, 0.15) is 21.1 Å². The summed E-state index contributed by atoms with van der Waals surface area (Å²) in [5.41, 5.74) is 0. The van der Waals surface area contributed by atoms with E-state index in [2.05, 4.69) is 27.6 Å². The smallest absolute Gasteiger partial charge is 0.389 e. The summed E-state index contributed by atoms with van der Waals surface area (Å²) in [5.74, 6) is -21.4. The highest BCUT2D eigenvalue weighted by atomic mass is 35.5. The summed E-state index contributed by atoms with van der Waals surface area (Å²) in [6.07, 6.45) is 0. The van der Waals surface area contributed by atoms with Crippen molar-refractivity contribution in [2.24, 2.45) is 0 Å². The largest absolute Gasteiger partial charge is 0.475 e. The first kappa shape index (κ1) is 27.2. The lowest BCUT2D eigenvalue weighted by molar-refractivity contribution is -0.280. The third-order valence-electron chi connectivity index (χ3n) is 2.31. The van der Waals surface area contributed by atoms with Crippen LogP contribution >= 0.6 is 35.6 Å². The van der Waals surface area contributed by atoms with Crippen LogP contribution < -0.4 is 0 Å². The van der Waals surface area contributed by atoms with E-state index >= 15 is 0 Å². The van der Waals surface area contributed by atoms with Crippen LogP contribution in [-0.4, -0.2) is 50.4 Å². The molecule has 0 aromatic carbocycles. The molecule has 1 aromatic heterocycles. The molecule has 0 aliphatic rings. The van der Waals surface area contributed by atoms with Crippen LogP contribution in [0.2, 0.25) is 0 Å². The van der Waals surface area contributed by atoms with E-state index in [0.29, 0.717) is 0 Å². The maximum absolute atomic E-state index is 12.4. The minimum Gasteiger partial charge on any atom is -0.475 e. The SMILES string of the molecule is Cl.O=C(Cl)C(F)(F)C(F)(F)C(F)(F)C(=O)Cl.O=C(O)c1ccc(C(=O)O)o1. The van der Waals surface area contributed by atoms with Gasteiger partial charge in [-0.15, -0.1) is 12.4 Å². The number of alkyl halides is 6. The van der Waals surface area contributed by atoms with Crippen molar-refractivity contribution in [3.8, 4) is 0 Å². The lowest BCUT2D eigenvalue weighted by atomic mass is 10.1. The summed E-state index contributed by atoms with van der Waals surface area (Å²) >= 11 is 8.02. The monoisotopic (exact) mass is 468 g/mol. The molecule has 0 radical (unpaired) electrons. The van der Waals surface area contributed by atoms with Crippen LogP contribution in [0.3, 0.4) is 0 Å². The number of carbonyl (C=O) groups is 4. The van der Waals surface area contributed by atoms with E-state index < -0.39 is 40.2 Å². The zero-order valence-corrected chi connectivity index (χ0v) is 14.4. The topological polar surface area (TPSA) is 122 Å². The minimum atomic E-state index is -6.29. The summed E-state index contributed by atoms with van der Waals surface area (Å²) in [6.45, 7) is 0. The van der Waals surface area contributed by atoms with Crippen LogP contribution in [0.4, 0.5) is 26.3 Å². The molecule has 0 unspecified atom stereocenters. The third-order valence-corrected chi connectivity index (χ3v) is 2.78. The number of hydrogen-bond acceptors (Lipinski definition) is 5. The second-order valence-corrected chi connectivity index (χ2v) is 4.73. The molecule has 0 aliphatic carbocycles. The minimum absolute atomic E-state index is 0. The van der Waals surface area contributed by atoms with Crippen molar-refractivity contribution in [3.05, 3.63) is 23.7 Å². The Balaban J connectivity index is 0. The second-order valence-electron chi connectivity index (χ2n) is 4.04. The van der Waals surface area contributed by atoms with Gasteiger partial charge in [0.1, 0.15) is 0 Å². The van der Waals surface area contributed by atoms with Gasteiger partial charge in [-0.1, -0.05) is 0 Å². The molecule has 7 nitrogen and oxygen atoms in total. The molecule has 0 fully saturated rings. The number of carboxylic acid groups (broad SMARTS) is 2. The summed E-state index contributed by atoms with van der Waals surface area (Å²) in [5, 5.41) is 10.5. The fourth-order valence-corrected chi connectivity index (χ4v) is 1.25. The van der Waals surface area contributed by atoms with Gasteiger partial charge in [0.05, 0.1) is 0 Å². The number of carbonyl (C=O) groups excluding carboxylic acids is 2. The lowest BCUT2D eigenvalue weighted by Crippen LogP contribution is -2.59. The average molecular weight is 470 g/mol. The Hall–Kier alpha value is -1.99. The average Bonchev–Trinajstić information content (AvgIpc) is 2.97. The quantitative estimate of drug-likeness (QED) is 0.483. The summed E-state index contributed by atoms with van der Waals surface area (Å²) in [6, 6.07) is 2.18. The van der Waals surface area contributed by atoms with E-state index in [1.54, 1.807) is 0 Å². The molecule has 2 N–H and O–H groups in total. The standard InChI is InChI=1S/C6H4O5.C5Cl2F6O2.ClH/c7-5(8)3-1-2-4(11-3)6(9)10;6-1(14)3(8,9)5(12,13)4(10,11)2(7)15;/h1-2H,(H,7,8)(H,9,10);;1H. The van der Waals surface area contributed by atoms with Gasteiger partial charge in [0.2, 0.25) is 11.5 Å². The van der Waals surface area contributed by atoms with Crippen LogP contribution in [-0.2, 0) is 9.59 Å². The molecule has 1 heterocycles. The first-order valence-electron chi connectivity index (χ1n) is 5.59. The van der Waals surface area contributed by atoms with Crippen molar-refractivity contribution >= 4 is 58.0 Å². The highest BCUT2D eigenvalue weighted by Crippen LogP contribution is 2.47. The number of rotatable bonds is 6.